The zero-order chi connectivity index (χ0) is 15.6. The SMILES string of the molecule is CC(C)N1CCN(C(=O)c2ccc([N+](=O)[O-])c(F)c2)CC1. The number of nitrogens with zero attached hydrogens (tertiary/aromatic N) is 3. The van der Waals surface area contributed by atoms with Crippen LogP contribution < -0.4 is 0 Å². The van der Waals surface area contributed by atoms with Gasteiger partial charge < -0.3 is 4.90 Å². The number of piperazine rings is 1. The Kier molecular flexibility index (Phi) is 4.52. The molecule has 0 bridgehead atoms. The summed E-state index contributed by atoms with van der Waals surface area (Å²) in [7, 11) is 0. The van der Waals surface area contributed by atoms with Gasteiger partial charge in [-0.15, -0.1) is 0 Å². The van der Waals surface area contributed by atoms with Gasteiger partial charge in [0, 0.05) is 43.9 Å². The first-order valence-corrected chi connectivity index (χ1v) is 6.87. The van der Waals surface area contributed by atoms with Crippen molar-refractivity contribution in [3.05, 3.63) is 39.7 Å². The van der Waals surface area contributed by atoms with E-state index in [9.17, 15) is 19.3 Å². The number of halogens is 1. The summed E-state index contributed by atoms with van der Waals surface area (Å²) in [6.07, 6.45) is 0. The van der Waals surface area contributed by atoms with Gasteiger partial charge in [0.15, 0.2) is 0 Å². The first-order chi connectivity index (χ1) is 9.90. The molecule has 1 aromatic carbocycles. The molecule has 114 valence electrons. The Morgan fingerprint density at radius 3 is 2.38 bits per heavy atom. The van der Waals surface area contributed by atoms with E-state index in [1.165, 1.54) is 6.07 Å². The van der Waals surface area contributed by atoms with Crippen LogP contribution in [0.25, 0.3) is 0 Å². The van der Waals surface area contributed by atoms with E-state index >= 15 is 0 Å². The van der Waals surface area contributed by atoms with E-state index in [4.69, 9.17) is 0 Å². The number of nitro benzene ring substituents is 1. The highest BCUT2D eigenvalue weighted by atomic mass is 19.1. The van der Waals surface area contributed by atoms with Gasteiger partial charge in [0.25, 0.3) is 5.91 Å². The second-order valence-electron chi connectivity index (χ2n) is 5.35. The Bertz CT molecular complexity index is 554. The van der Waals surface area contributed by atoms with Crippen LogP contribution in [0.3, 0.4) is 0 Å². The highest BCUT2D eigenvalue weighted by Crippen LogP contribution is 2.19. The number of carbonyl (C=O) groups is 1. The third-order valence-corrected chi connectivity index (χ3v) is 3.72. The molecule has 1 fully saturated rings. The number of hydrogen-bond donors (Lipinski definition) is 0. The number of amides is 1. The number of benzene rings is 1. The molecule has 1 amide bonds. The van der Waals surface area contributed by atoms with Crippen molar-refractivity contribution in [3.8, 4) is 0 Å². The second kappa shape index (κ2) is 6.17. The molecule has 1 aliphatic heterocycles. The standard InChI is InChI=1S/C14H18FN3O3/c1-10(2)16-5-7-17(8-6-16)14(19)11-3-4-13(18(20)21)12(15)9-11/h3-4,9-10H,5-8H2,1-2H3. The van der Waals surface area contributed by atoms with Crippen LogP contribution >= 0.6 is 0 Å². The largest absolute Gasteiger partial charge is 0.336 e. The first kappa shape index (κ1) is 15.4. The molecule has 21 heavy (non-hydrogen) atoms. The molecular weight excluding hydrogens is 277 g/mol. The normalized spacial score (nSPS) is 16.3. The maximum Gasteiger partial charge on any atom is 0.304 e. The van der Waals surface area contributed by atoms with Gasteiger partial charge in [-0.3, -0.25) is 19.8 Å². The van der Waals surface area contributed by atoms with Crippen LogP contribution in [0.1, 0.15) is 24.2 Å². The summed E-state index contributed by atoms with van der Waals surface area (Å²) in [6.45, 7) is 6.91. The zero-order valence-corrected chi connectivity index (χ0v) is 12.1. The summed E-state index contributed by atoms with van der Waals surface area (Å²) in [4.78, 5) is 26.0. The summed E-state index contributed by atoms with van der Waals surface area (Å²) < 4.78 is 13.6. The minimum absolute atomic E-state index is 0.149. The molecule has 0 atom stereocenters. The maximum absolute atomic E-state index is 13.6. The fraction of sp³-hybridized carbons (Fsp3) is 0.500. The van der Waals surface area contributed by atoms with Gasteiger partial charge in [-0.05, 0) is 26.0 Å². The van der Waals surface area contributed by atoms with Gasteiger partial charge in [-0.1, -0.05) is 0 Å². The molecule has 1 aliphatic rings. The lowest BCUT2D eigenvalue weighted by Gasteiger charge is -2.36. The van der Waals surface area contributed by atoms with E-state index < -0.39 is 16.4 Å². The van der Waals surface area contributed by atoms with E-state index in [1.54, 1.807) is 4.90 Å². The Labute approximate surface area is 122 Å². The second-order valence-corrected chi connectivity index (χ2v) is 5.35. The fourth-order valence-corrected chi connectivity index (χ4v) is 2.41. The summed E-state index contributed by atoms with van der Waals surface area (Å²) in [6, 6.07) is 3.71. The van der Waals surface area contributed by atoms with Crippen molar-refractivity contribution >= 4 is 11.6 Å². The van der Waals surface area contributed by atoms with Crippen LogP contribution in [-0.2, 0) is 0 Å². The van der Waals surface area contributed by atoms with Crippen molar-refractivity contribution in [2.75, 3.05) is 26.2 Å². The molecule has 0 aliphatic carbocycles. The highest BCUT2D eigenvalue weighted by molar-refractivity contribution is 5.94. The number of hydrogen-bond acceptors (Lipinski definition) is 4. The van der Waals surface area contributed by atoms with Crippen molar-refractivity contribution in [1.29, 1.82) is 0 Å². The Morgan fingerprint density at radius 2 is 1.90 bits per heavy atom. The van der Waals surface area contributed by atoms with E-state index in [0.717, 1.165) is 25.2 Å². The van der Waals surface area contributed by atoms with Gasteiger partial charge in [0.05, 0.1) is 4.92 Å². The van der Waals surface area contributed by atoms with Crippen LogP contribution in [0.2, 0.25) is 0 Å². The first-order valence-electron chi connectivity index (χ1n) is 6.87. The number of carbonyl (C=O) groups excluding carboxylic acids is 1. The van der Waals surface area contributed by atoms with E-state index in [1.807, 2.05) is 0 Å². The van der Waals surface area contributed by atoms with Crippen molar-refractivity contribution in [2.45, 2.75) is 19.9 Å². The van der Waals surface area contributed by atoms with Crippen LogP contribution in [0.5, 0.6) is 0 Å². The van der Waals surface area contributed by atoms with Gasteiger partial charge >= 0.3 is 5.69 Å². The average molecular weight is 295 g/mol. The van der Waals surface area contributed by atoms with Gasteiger partial charge in [0.2, 0.25) is 5.82 Å². The Hall–Kier alpha value is -2.02. The number of nitro groups is 1. The zero-order valence-electron chi connectivity index (χ0n) is 12.1. The predicted octanol–water partition coefficient (Wildman–Crippen LogP) is 1.90. The molecule has 0 unspecified atom stereocenters. The van der Waals surface area contributed by atoms with Crippen molar-refractivity contribution in [2.24, 2.45) is 0 Å². The summed E-state index contributed by atoms with van der Waals surface area (Å²) >= 11 is 0. The van der Waals surface area contributed by atoms with E-state index in [2.05, 4.69) is 18.7 Å². The van der Waals surface area contributed by atoms with Crippen LogP contribution in [0.15, 0.2) is 18.2 Å². The molecular formula is C14H18FN3O3. The van der Waals surface area contributed by atoms with Crippen LogP contribution in [-0.4, -0.2) is 52.9 Å². The van der Waals surface area contributed by atoms with Crippen LogP contribution in [0.4, 0.5) is 10.1 Å². The summed E-state index contributed by atoms with van der Waals surface area (Å²) in [5.74, 6) is -1.26. The molecule has 0 radical (unpaired) electrons. The third kappa shape index (κ3) is 3.36. The Morgan fingerprint density at radius 1 is 1.29 bits per heavy atom. The molecule has 1 aromatic rings. The van der Waals surface area contributed by atoms with Gasteiger partial charge in [-0.2, -0.15) is 4.39 Å². The average Bonchev–Trinajstić information content (AvgIpc) is 2.46. The maximum atomic E-state index is 13.6. The lowest BCUT2D eigenvalue weighted by Crippen LogP contribution is -2.50. The van der Waals surface area contributed by atoms with Crippen LogP contribution in [0, 0.1) is 15.9 Å². The van der Waals surface area contributed by atoms with E-state index in [0.29, 0.717) is 19.1 Å². The summed E-state index contributed by atoms with van der Waals surface area (Å²) in [5.41, 5.74) is -0.465. The molecule has 6 nitrogen and oxygen atoms in total. The lowest BCUT2D eigenvalue weighted by molar-refractivity contribution is -0.387. The monoisotopic (exact) mass is 295 g/mol. The van der Waals surface area contributed by atoms with Crippen molar-refractivity contribution in [3.63, 3.8) is 0 Å². The molecule has 0 N–H and O–H groups in total. The Balaban J connectivity index is 2.08. The minimum Gasteiger partial charge on any atom is -0.336 e. The molecule has 1 heterocycles. The third-order valence-electron chi connectivity index (χ3n) is 3.72. The van der Waals surface area contributed by atoms with Gasteiger partial charge in [0.1, 0.15) is 0 Å². The van der Waals surface area contributed by atoms with Crippen molar-refractivity contribution < 1.29 is 14.1 Å². The topological polar surface area (TPSA) is 66.7 Å². The minimum atomic E-state index is -0.980. The lowest BCUT2D eigenvalue weighted by atomic mass is 10.1. The molecule has 2 rings (SSSR count). The highest BCUT2D eigenvalue weighted by Gasteiger charge is 2.24. The van der Waals surface area contributed by atoms with Crippen molar-refractivity contribution in [1.82, 2.24) is 9.80 Å². The van der Waals surface area contributed by atoms with Gasteiger partial charge in [-0.25, -0.2) is 0 Å². The smallest absolute Gasteiger partial charge is 0.304 e. The molecule has 0 saturated carbocycles. The fourth-order valence-electron chi connectivity index (χ4n) is 2.41. The summed E-state index contributed by atoms with van der Waals surface area (Å²) in [5, 5.41) is 10.6. The molecule has 7 heteroatoms. The van der Waals surface area contributed by atoms with E-state index in [-0.39, 0.29) is 11.5 Å². The molecule has 1 saturated heterocycles. The molecule has 0 aromatic heterocycles. The predicted molar refractivity (Wildman–Crippen MR) is 75.7 cm³/mol. The molecule has 0 spiro atoms. The quantitative estimate of drug-likeness (QED) is 0.631. The number of rotatable bonds is 3.